The van der Waals surface area contributed by atoms with E-state index in [1.807, 2.05) is 37.3 Å². The molecule has 0 saturated heterocycles. The zero-order valence-electron chi connectivity index (χ0n) is 20.2. The molecule has 0 amide bonds. The van der Waals surface area contributed by atoms with Crippen molar-refractivity contribution >= 4 is 51.3 Å². The van der Waals surface area contributed by atoms with Gasteiger partial charge in [-0.15, -0.1) is 0 Å². The highest BCUT2D eigenvalue weighted by atomic mass is 35.5. The number of pyridine rings is 1. The number of hydrogen-bond donors (Lipinski definition) is 1. The Morgan fingerprint density at radius 1 is 1.03 bits per heavy atom. The monoisotopic (exact) mass is 503 g/mol. The fraction of sp³-hybridized carbons (Fsp3) is 0.241. The van der Waals surface area contributed by atoms with Crippen molar-refractivity contribution in [2.75, 3.05) is 19.4 Å². The van der Waals surface area contributed by atoms with Crippen LogP contribution >= 0.6 is 23.2 Å². The van der Waals surface area contributed by atoms with Gasteiger partial charge < -0.3 is 10.2 Å². The second kappa shape index (κ2) is 9.27. The Bertz CT molecular complexity index is 1460. The van der Waals surface area contributed by atoms with Crippen LogP contribution in [0.2, 0.25) is 10.0 Å². The summed E-state index contributed by atoms with van der Waals surface area (Å²) in [6.45, 7) is 3.47. The third-order valence-corrected chi connectivity index (χ3v) is 7.73. The molecule has 0 bridgehead atoms. The van der Waals surface area contributed by atoms with Gasteiger partial charge in [0.15, 0.2) is 5.78 Å². The number of benzene rings is 3. The van der Waals surface area contributed by atoms with Crippen LogP contribution in [0, 0.1) is 6.92 Å². The number of ketones is 1. The summed E-state index contributed by atoms with van der Waals surface area (Å²) in [4.78, 5) is 19.4. The third kappa shape index (κ3) is 4.42. The Kier molecular flexibility index (Phi) is 6.30. The highest BCUT2D eigenvalue weighted by Crippen LogP contribution is 2.39. The molecule has 1 N–H and O–H groups in total. The molecule has 1 aliphatic carbocycles. The first kappa shape index (κ1) is 23.8. The molecule has 5 rings (SSSR count). The maximum Gasteiger partial charge on any atom is 0.163 e. The largest absolute Gasteiger partial charge is 0.354 e. The predicted molar refractivity (Wildman–Crippen MR) is 146 cm³/mol. The molecule has 1 aromatic heterocycles. The van der Waals surface area contributed by atoms with Crippen molar-refractivity contribution < 1.29 is 4.79 Å². The van der Waals surface area contributed by atoms with E-state index in [0.717, 1.165) is 51.8 Å². The van der Waals surface area contributed by atoms with Gasteiger partial charge in [0.25, 0.3) is 0 Å². The number of aromatic nitrogens is 1. The van der Waals surface area contributed by atoms with Crippen LogP contribution in [0.25, 0.3) is 22.0 Å². The molecule has 0 fully saturated rings. The summed E-state index contributed by atoms with van der Waals surface area (Å²) in [6.07, 6.45) is 3.82. The first-order valence-corrected chi connectivity index (χ1v) is 12.4. The van der Waals surface area contributed by atoms with Gasteiger partial charge in [-0.3, -0.25) is 9.78 Å². The van der Waals surface area contributed by atoms with Crippen molar-refractivity contribution in [3.8, 4) is 11.1 Å². The molecule has 1 unspecified atom stereocenters. The van der Waals surface area contributed by atoms with Crippen molar-refractivity contribution in [3.63, 3.8) is 0 Å². The summed E-state index contributed by atoms with van der Waals surface area (Å²) in [7, 11) is 4.25. The average Bonchev–Trinajstić information content (AvgIpc) is 3.25. The summed E-state index contributed by atoms with van der Waals surface area (Å²) < 4.78 is 0. The van der Waals surface area contributed by atoms with Crippen LogP contribution in [0.4, 0.5) is 11.4 Å². The molecule has 3 aromatic carbocycles. The Balaban J connectivity index is 1.62. The van der Waals surface area contributed by atoms with Gasteiger partial charge >= 0.3 is 0 Å². The second-order valence-electron chi connectivity index (χ2n) is 9.46. The lowest BCUT2D eigenvalue weighted by molar-refractivity contribution is 0.101. The van der Waals surface area contributed by atoms with E-state index in [-0.39, 0.29) is 5.78 Å². The first-order chi connectivity index (χ1) is 16.7. The van der Waals surface area contributed by atoms with E-state index < -0.39 is 0 Å². The number of fused-ring (bicyclic) bond motifs is 2. The molecule has 4 nitrogen and oxygen atoms in total. The predicted octanol–water partition coefficient (Wildman–Crippen LogP) is 8.01. The van der Waals surface area contributed by atoms with Crippen molar-refractivity contribution in [2.24, 2.45) is 0 Å². The van der Waals surface area contributed by atoms with Crippen LogP contribution in [-0.4, -0.2) is 29.8 Å². The van der Waals surface area contributed by atoms with Gasteiger partial charge in [0.2, 0.25) is 0 Å². The van der Waals surface area contributed by atoms with Gasteiger partial charge in [-0.1, -0.05) is 35.3 Å². The van der Waals surface area contributed by atoms with Crippen LogP contribution in [0.5, 0.6) is 0 Å². The standard InChI is InChI=1S/C29H27Cl2N3O/c1-16-25(30)13-20(14-26(16)31)18-5-9-27-23(12-18)29(24(15-32-27)17(2)35)33-21-7-8-22-19(11-21)6-10-28(22)34(3)4/h5,7-9,11-15,28H,6,10H2,1-4H3,(H,32,33). The summed E-state index contributed by atoms with van der Waals surface area (Å²) in [6, 6.07) is 16.8. The van der Waals surface area contributed by atoms with Crippen molar-refractivity contribution in [2.45, 2.75) is 32.7 Å². The maximum absolute atomic E-state index is 12.6. The van der Waals surface area contributed by atoms with Crippen LogP contribution in [0.1, 0.15) is 46.4 Å². The Hall–Kier alpha value is -2.92. The molecule has 1 atom stereocenters. The van der Waals surface area contributed by atoms with E-state index in [0.29, 0.717) is 21.7 Å². The number of Topliss-reactive ketones (excluding diaryl/α,β-unsaturated/α-hetero) is 1. The van der Waals surface area contributed by atoms with Crippen molar-refractivity contribution in [1.82, 2.24) is 9.88 Å². The van der Waals surface area contributed by atoms with E-state index in [4.69, 9.17) is 23.2 Å². The first-order valence-electron chi connectivity index (χ1n) is 11.7. The van der Waals surface area contributed by atoms with E-state index in [1.165, 1.54) is 11.1 Å². The Morgan fingerprint density at radius 2 is 1.77 bits per heavy atom. The average molecular weight is 504 g/mol. The molecule has 1 aliphatic rings. The van der Waals surface area contributed by atoms with Gasteiger partial charge in [0.1, 0.15) is 0 Å². The molecule has 0 radical (unpaired) electrons. The molecular weight excluding hydrogens is 477 g/mol. The SMILES string of the molecule is CC(=O)c1cnc2ccc(-c3cc(Cl)c(C)c(Cl)c3)cc2c1Nc1ccc2c(c1)CCC2N(C)C. The molecule has 35 heavy (non-hydrogen) atoms. The highest BCUT2D eigenvalue weighted by molar-refractivity contribution is 6.36. The third-order valence-electron chi connectivity index (χ3n) is 6.94. The lowest BCUT2D eigenvalue weighted by atomic mass is 9.99. The number of aryl methyl sites for hydroxylation is 1. The number of carbonyl (C=O) groups excluding carboxylic acids is 1. The zero-order chi connectivity index (χ0) is 24.9. The van der Waals surface area contributed by atoms with Crippen LogP contribution in [0.3, 0.4) is 0 Å². The topological polar surface area (TPSA) is 45.2 Å². The van der Waals surface area contributed by atoms with E-state index >= 15 is 0 Å². The molecule has 4 aromatic rings. The quantitative estimate of drug-likeness (QED) is 0.280. The van der Waals surface area contributed by atoms with Gasteiger partial charge in [-0.2, -0.15) is 0 Å². The molecule has 178 valence electrons. The normalized spacial score (nSPS) is 15.0. The minimum Gasteiger partial charge on any atom is -0.354 e. The van der Waals surface area contributed by atoms with E-state index in [2.05, 4.69) is 47.5 Å². The molecule has 0 spiro atoms. The summed E-state index contributed by atoms with van der Waals surface area (Å²) in [5.41, 5.74) is 8.53. The lowest BCUT2D eigenvalue weighted by Gasteiger charge is -2.20. The number of hydrogen-bond acceptors (Lipinski definition) is 4. The van der Waals surface area contributed by atoms with E-state index in [9.17, 15) is 4.79 Å². The second-order valence-corrected chi connectivity index (χ2v) is 10.3. The summed E-state index contributed by atoms with van der Waals surface area (Å²) >= 11 is 12.8. The maximum atomic E-state index is 12.6. The molecule has 6 heteroatoms. The van der Waals surface area contributed by atoms with Gasteiger partial charge in [0, 0.05) is 33.4 Å². The zero-order valence-corrected chi connectivity index (χ0v) is 21.8. The lowest BCUT2D eigenvalue weighted by Crippen LogP contribution is -2.17. The highest BCUT2D eigenvalue weighted by Gasteiger charge is 2.24. The smallest absolute Gasteiger partial charge is 0.163 e. The van der Waals surface area contributed by atoms with E-state index in [1.54, 1.807) is 13.1 Å². The fourth-order valence-electron chi connectivity index (χ4n) is 4.94. The molecule has 0 saturated carbocycles. The minimum absolute atomic E-state index is 0.0393. The Morgan fingerprint density at radius 3 is 2.46 bits per heavy atom. The minimum atomic E-state index is -0.0393. The number of halogens is 2. The van der Waals surface area contributed by atoms with Crippen LogP contribution < -0.4 is 5.32 Å². The number of carbonyl (C=O) groups is 1. The van der Waals surface area contributed by atoms with Gasteiger partial charge in [-0.05, 0) is 105 Å². The number of rotatable bonds is 5. The number of nitrogens with zero attached hydrogens (tertiary/aromatic N) is 2. The summed E-state index contributed by atoms with van der Waals surface area (Å²) in [5.74, 6) is -0.0393. The van der Waals surface area contributed by atoms with Crippen LogP contribution in [0.15, 0.2) is 54.7 Å². The van der Waals surface area contributed by atoms with Gasteiger partial charge in [-0.25, -0.2) is 0 Å². The molecule has 0 aliphatic heterocycles. The van der Waals surface area contributed by atoms with Crippen molar-refractivity contribution in [1.29, 1.82) is 0 Å². The number of nitrogens with one attached hydrogen (secondary N) is 1. The molecular formula is C29H27Cl2N3O. The molecule has 1 heterocycles. The summed E-state index contributed by atoms with van der Waals surface area (Å²) in [5, 5.41) is 5.67. The fourth-order valence-corrected chi connectivity index (χ4v) is 5.43. The van der Waals surface area contributed by atoms with Gasteiger partial charge in [0.05, 0.1) is 16.8 Å². The van der Waals surface area contributed by atoms with Crippen LogP contribution in [-0.2, 0) is 6.42 Å². The Labute approximate surface area is 215 Å². The number of anilines is 2. The van der Waals surface area contributed by atoms with Crippen molar-refractivity contribution in [3.05, 3.63) is 87.0 Å².